The Kier molecular flexibility index (Phi) is 9.07. The van der Waals surface area contributed by atoms with Crippen LogP contribution in [-0.2, 0) is 37.1 Å². The highest BCUT2D eigenvalue weighted by Crippen LogP contribution is 2.48. The van der Waals surface area contributed by atoms with E-state index < -0.39 is 23.2 Å². The second-order valence-corrected chi connectivity index (χ2v) is 12.4. The molecule has 2 saturated heterocycles. The number of benzene rings is 4. The van der Waals surface area contributed by atoms with Crippen molar-refractivity contribution in [2.45, 2.75) is 52.9 Å². The van der Waals surface area contributed by atoms with Crippen LogP contribution in [-0.4, -0.2) is 35.6 Å². The number of ether oxygens (including phenoxy) is 4. The van der Waals surface area contributed by atoms with E-state index in [1.54, 1.807) is 11.8 Å². The van der Waals surface area contributed by atoms with Gasteiger partial charge in [-0.15, -0.1) is 11.8 Å². The van der Waals surface area contributed by atoms with E-state index >= 15 is 0 Å². The van der Waals surface area contributed by atoms with E-state index in [0.29, 0.717) is 19.0 Å². The second kappa shape index (κ2) is 13.3. The molecule has 2 heterocycles. The Bertz CT molecular complexity index is 1420. The number of nitrogens with zero attached hydrogens (tertiary/aromatic N) is 1. The zero-order valence-electron chi connectivity index (χ0n) is 22.5. The maximum atomic E-state index is 10.4. The SMILES string of the molecule is N#C[C@@]1(c2ccccc2)O[C@@H]2[C@@H](OCc3ccccc3)[C@@H](OCc3ccccc3)[C@H](Sc3ccccc3)O[C@H]2CS1. The van der Waals surface area contributed by atoms with Gasteiger partial charge in [-0.1, -0.05) is 121 Å². The third kappa shape index (κ3) is 6.54. The third-order valence-corrected chi connectivity index (χ3v) is 9.69. The summed E-state index contributed by atoms with van der Waals surface area (Å²) < 4.78 is 26.9. The monoisotopic (exact) mass is 581 g/mol. The Balaban J connectivity index is 1.34. The van der Waals surface area contributed by atoms with Gasteiger partial charge >= 0.3 is 0 Å². The van der Waals surface area contributed by atoms with Gasteiger partial charge in [-0.05, 0) is 23.3 Å². The zero-order chi connectivity index (χ0) is 27.9. The Morgan fingerprint density at radius 1 is 0.756 bits per heavy atom. The molecule has 41 heavy (non-hydrogen) atoms. The van der Waals surface area contributed by atoms with Crippen molar-refractivity contribution in [1.29, 1.82) is 5.26 Å². The first-order valence-electron chi connectivity index (χ1n) is 13.7. The fourth-order valence-electron chi connectivity index (χ4n) is 5.14. The molecule has 0 unspecified atom stereocenters. The van der Waals surface area contributed by atoms with Crippen molar-refractivity contribution in [1.82, 2.24) is 0 Å². The predicted octanol–water partition coefficient (Wildman–Crippen LogP) is 7.18. The molecule has 6 rings (SSSR count). The quantitative estimate of drug-likeness (QED) is 0.207. The second-order valence-electron chi connectivity index (χ2n) is 9.98. The van der Waals surface area contributed by atoms with E-state index in [2.05, 4.69) is 30.3 Å². The zero-order valence-corrected chi connectivity index (χ0v) is 24.1. The van der Waals surface area contributed by atoms with Gasteiger partial charge in [0.1, 0.15) is 29.8 Å². The van der Waals surface area contributed by atoms with Crippen molar-refractivity contribution in [3.8, 4) is 6.07 Å². The van der Waals surface area contributed by atoms with Crippen molar-refractivity contribution in [2.75, 3.05) is 5.75 Å². The summed E-state index contributed by atoms with van der Waals surface area (Å²) >= 11 is 3.11. The largest absolute Gasteiger partial charge is 0.368 e. The van der Waals surface area contributed by atoms with Gasteiger partial charge in [0, 0.05) is 16.2 Å². The highest BCUT2D eigenvalue weighted by atomic mass is 32.2. The summed E-state index contributed by atoms with van der Waals surface area (Å²) in [5.41, 5.74) is 2.61. The summed E-state index contributed by atoms with van der Waals surface area (Å²) in [4.78, 5) is -0.0742. The van der Waals surface area contributed by atoms with Crippen molar-refractivity contribution >= 4 is 23.5 Å². The van der Waals surface area contributed by atoms with Crippen molar-refractivity contribution in [2.24, 2.45) is 0 Å². The van der Waals surface area contributed by atoms with Crippen LogP contribution in [0.2, 0.25) is 0 Å². The molecule has 6 atom stereocenters. The summed E-state index contributed by atoms with van der Waals surface area (Å²) in [5, 5.41) is 10.4. The molecule has 2 fully saturated rings. The highest BCUT2D eigenvalue weighted by molar-refractivity contribution is 8.00. The average molecular weight is 582 g/mol. The molecule has 0 saturated carbocycles. The minimum Gasteiger partial charge on any atom is -0.368 e. The molecule has 0 amide bonds. The lowest BCUT2D eigenvalue weighted by Crippen LogP contribution is -2.63. The molecule has 7 heteroatoms. The average Bonchev–Trinajstić information content (AvgIpc) is 3.04. The topological polar surface area (TPSA) is 60.7 Å². The van der Waals surface area contributed by atoms with E-state index in [9.17, 15) is 5.26 Å². The molecule has 2 aliphatic rings. The third-order valence-electron chi connectivity index (χ3n) is 7.21. The lowest BCUT2D eigenvalue weighted by atomic mass is 9.98. The number of hydrogen-bond acceptors (Lipinski definition) is 7. The van der Waals surface area contributed by atoms with Gasteiger partial charge in [0.25, 0.3) is 0 Å². The summed E-state index contributed by atoms with van der Waals surface area (Å²) in [6, 6.07) is 42.6. The van der Waals surface area contributed by atoms with Gasteiger partial charge in [0.15, 0.2) is 0 Å². The molecule has 5 nitrogen and oxygen atoms in total. The highest BCUT2D eigenvalue weighted by Gasteiger charge is 2.55. The molecule has 0 bridgehead atoms. The minimum atomic E-state index is -1.16. The number of nitriles is 1. The Morgan fingerprint density at radius 3 is 1.88 bits per heavy atom. The molecule has 0 aromatic heterocycles. The van der Waals surface area contributed by atoms with E-state index in [0.717, 1.165) is 21.6 Å². The lowest BCUT2D eigenvalue weighted by Gasteiger charge is -2.50. The van der Waals surface area contributed by atoms with E-state index in [1.165, 1.54) is 11.8 Å². The minimum absolute atomic E-state index is 0.274. The van der Waals surface area contributed by atoms with E-state index in [-0.39, 0.29) is 11.5 Å². The number of fused-ring (bicyclic) bond motifs is 1. The van der Waals surface area contributed by atoms with Crippen LogP contribution >= 0.6 is 23.5 Å². The smallest absolute Gasteiger partial charge is 0.227 e. The van der Waals surface area contributed by atoms with E-state index in [4.69, 9.17) is 18.9 Å². The lowest BCUT2D eigenvalue weighted by molar-refractivity contribution is -0.253. The number of rotatable bonds is 9. The van der Waals surface area contributed by atoms with Crippen LogP contribution in [0.3, 0.4) is 0 Å². The summed E-state index contributed by atoms with van der Waals surface area (Å²) in [6.45, 7) is 0.796. The molecule has 4 aromatic rings. The first-order valence-corrected chi connectivity index (χ1v) is 15.6. The molecule has 0 N–H and O–H groups in total. The van der Waals surface area contributed by atoms with Crippen LogP contribution < -0.4 is 0 Å². The molecule has 0 aliphatic carbocycles. The molecule has 0 spiro atoms. The van der Waals surface area contributed by atoms with E-state index in [1.807, 2.05) is 97.1 Å². The number of thioether (sulfide) groups is 2. The predicted molar refractivity (Wildman–Crippen MR) is 162 cm³/mol. The van der Waals surface area contributed by atoms with Crippen LogP contribution in [0.4, 0.5) is 0 Å². The fourth-order valence-corrected chi connectivity index (χ4v) is 7.50. The van der Waals surface area contributed by atoms with Gasteiger partial charge in [-0.2, -0.15) is 5.26 Å². The standard InChI is InChI=1S/C34H31NO4S2/c35-24-34(27-17-9-3-10-18-27)39-30-29(23-40-34)38-33(41-28-19-11-4-12-20-28)32(37-22-26-15-7-2-8-16-26)31(30)36-21-25-13-5-1-6-14-25/h1-20,29-33H,21-23H2/t29-,30-,31+,32+,33-,34+/m0/s1. The molecular weight excluding hydrogens is 551 g/mol. The van der Waals surface area contributed by atoms with Crippen LogP contribution in [0.15, 0.2) is 126 Å². The molecule has 208 valence electrons. The van der Waals surface area contributed by atoms with Crippen LogP contribution in [0.5, 0.6) is 0 Å². The van der Waals surface area contributed by atoms with Gasteiger partial charge in [0.2, 0.25) is 4.93 Å². The van der Waals surface area contributed by atoms with Crippen LogP contribution in [0, 0.1) is 11.3 Å². The van der Waals surface area contributed by atoms with Crippen molar-refractivity contribution in [3.63, 3.8) is 0 Å². The van der Waals surface area contributed by atoms with Crippen LogP contribution in [0.1, 0.15) is 16.7 Å². The fraction of sp³-hybridized carbons (Fsp3) is 0.265. The summed E-state index contributed by atoms with van der Waals surface area (Å²) in [7, 11) is 0. The summed E-state index contributed by atoms with van der Waals surface area (Å²) in [5.74, 6) is 0.593. The first kappa shape index (κ1) is 28.0. The maximum Gasteiger partial charge on any atom is 0.227 e. The van der Waals surface area contributed by atoms with Gasteiger partial charge in [-0.25, -0.2) is 0 Å². The molecular formula is C34H31NO4S2. The maximum absolute atomic E-state index is 10.4. The van der Waals surface area contributed by atoms with Gasteiger partial charge in [-0.3, -0.25) is 0 Å². The van der Waals surface area contributed by atoms with Crippen molar-refractivity contribution < 1.29 is 18.9 Å². The number of hydrogen-bond donors (Lipinski definition) is 0. The Morgan fingerprint density at radius 2 is 1.29 bits per heavy atom. The van der Waals surface area contributed by atoms with Crippen LogP contribution in [0.25, 0.3) is 0 Å². The van der Waals surface area contributed by atoms with Crippen molar-refractivity contribution in [3.05, 3.63) is 138 Å². The van der Waals surface area contributed by atoms with Gasteiger partial charge < -0.3 is 18.9 Å². The molecule has 2 aliphatic heterocycles. The molecule has 4 aromatic carbocycles. The Labute approximate surface area is 249 Å². The Hall–Kier alpha value is -3.09. The first-order chi connectivity index (χ1) is 20.2. The summed E-state index contributed by atoms with van der Waals surface area (Å²) in [6.07, 6.45) is -1.71. The molecule has 0 radical (unpaired) electrons. The van der Waals surface area contributed by atoms with Gasteiger partial charge in [0.05, 0.1) is 19.3 Å². The normalized spacial score (nSPS) is 27.4.